The Morgan fingerprint density at radius 2 is 0.935 bits per heavy atom. The summed E-state index contributed by atoms with van der Waals surface area (Å²) in [4.78, 5) is 26.5. The van der Waals surface area contributed by atoms with Gasteiger partial charge in [-0.1, -0.05) is 246 Å². The van der Waals surface area contributed by atoms with Crippen molar-refractivity contribution in [2.45, 2.75) is 294 Å². The molecule has 0 spiro atoms. The molecule has 0 saturated carbocycles. The van der Waals surface area contributed by atoms with E-state index in [0.717, 1.165) is 109 Å². The molecule has 0 aromatic carbocycles. The summed E-state index contributed by atoms with van der Waals surface area (Å²) in [7, 11) is 0. The molecule has 1 rings (SSSR count). The molecule has 1 aliphatic heterocycles. The number of ether oxygens (including phenoxy) is 3. The smallest absolute Gasteiger partial charge is 0.306 e. The SMILES string of the molecule is CC/C=C\C/C=C\C/C=C\C/C=C\C/C=C\CCCCCCCCCC(=O)OC1C(OCC(NC(=O)C(O)C/C=C/C/C=C\CCCCCCCC)C(O)/C=C/CCCCCCCCCCCCC)OC(CO)C(O)C1O. The van der Waals surface area contributed by atoms with Gasteiger partial charge < -0.3 is 45.1 Å². The highest BCUT2D eigenvalue weighted by molar-refractivity contribution is 5.81. The number of unbranched alkanes of at least 4 members (excludes halogenated alkanes) is 24. The van der Waals surface area contributed by atoms with Crippen LogP contribution in [0.15, 0.2) is 97.2 Å². The van der Waals surface area contributed by atoms with E-state index in [1.807, 2.05) is 12.2 Å². The molecule has 77 heavy (non-hydrogen) atoms. The number of aliphatic hydroxyl groups excluding tert-OH is 5. The lowest BCUT2D eigenvalue weighted by molar-refractivity contribution is -0.305. The minimum absolute atomic E-state index is 0.0773. The third-order valence-corrected chi connectivity index (χ3v) is 14.0. The topological polar surface area (TPSA) is 175 Å². The molecule has 11 heteroatoms. The van der Waals surface area contributed by atoms with Crippen LogP contribution in [0.4, 0.5) is 0 Å². The van der Waals surface area contributed by atoms with Crippen LogP contribution < -0.4 is 5.32 Å². The number of carbonyl (C=O) groups is 2. The Balaban J connectivity index is 2.68. The van der Waals surface area contributed by atoms with Crippen LogP contribution in [-0.2, 0) is 23.8 Å². The lowest BCUT2D eigenvalue weighted by Gasteiger charge is -2.41. The van der Waals surface area contributed by atoms with E-state index in [2.05, 4.69) is 99.0 Å². The van der Waals surface area contributed by atoms with Crippen molar-refractivity contribution in [3.63, 3.8) is 0 Å². The first-order chi connectivity index (χ1) is 37.7. The van der Waals surface area contributed by atoms with Gasteiger partial charge in [0.25, 0.3) is 0 Å². The van der Waals surface area contributed by atoms with Crippen molar-refractivity contribution in [2.24, 2.45) is 0 Å². The van der Waals surface area contributed by atoms with Gasteiger partial charge in [-0.3, -0.25) is 9.59 Å². The molecule has 1 amide bonds. The standard InChI is InChI=1S/C66H113NO10/c1-4-7-10-13-16-19-22-25-26-27-28-29-30-31-32-33-34-36-39-42-45-48-51-54-61(71)77-64-63(73)62(72)60(55-68)76-66(64)75-56-57(58(69)52-49-46-43-40-38-35-23-20-17-14-11-8-5-2)67-65(74)59(70)53-50-47-44-41-37-24-21-18-15-12-9-6-3/h7,10,16,19,25-26,28-29,31-32,37,41,47,49-50,52,57-60,62-64,66,68-70,72-73H,4-6,8-9,11-15,17-18,20-24,27,30,33-36,38-40,42-46,48,51,53-56H2,1-3H3,(H,67,74)/b10-7-,19-16-,26-25-,29-28-,32-31-,41-37-,50-47+,52-49+. The number of hydrogen-bond donors (Lipinski definition) is 6. The van der Waals surface area contributed by atoms with Gasteiger partial charge in [0, 0.05) is 12.8 Å². The number of carbonyl (C=O) groups excluding carboxylic acids is 2. The van der Waals surface area contributed by atoms with E-state index in [-0.39, 0.29) is 19.4 Å². The molecule has 0 bridgehead atoms. The number of amides is 1. The normalized spacial score (nSPS) is 19.7. The van der Waals surface area contributed by atoms with E-state index < -0.39 is 67.4 Å². The van der Waals surface area contributed by atoms with Crippen LogP contribution in [0.25, 0.3) is 0 Å². The second-order valence-corrected chi connectivity index (χ2v) is 21.1. The van der Waals surface area contributed by atoms with Gasteiger partial charge in [0.1, 0.15) is 24.4 Å². The second-order valence-electron chi connectivity index (χ2n) is 21.1. The third-order valence-electron chi connectivity index (χ3n) is 14.0. The molecule has 442 valence electrons. The van der Waals surface area contributed by atoms with E-state index in [0.29, 0.717) is 12.8 Å². The van der Waals surface area contributed by atoms with Crippen LogP contribution in [-0.4, -0.2) is 99.6 Å². The molecule has 1 fully saturated rings. The highest BCUT2D eigenvalue weighted by Crippen LogP contribution is 2.26. The monoisotopic (exact) mass is 1080 g/mol. The third kappa shape index (κ3) is 41.3. The van der Waals surface area contributed by atoms with Crippen LogP contribution in [0, 0.1) is 0 Å². The van der Waals surface area contributed by atoms with Crippen LogP contribution in [0.2, 0.25) is 0 Å². The molecule has 0 aromatic heterocycles. The molecule has 1 aliphatic rings. The van der Waals surface area contributed by atoms with Crippen molar-refractivity contribution >= 4 is 11.9 Å². The molecule has 1 heterocycles. The number of esters is 1. The molecule has 1 saturated heterocycles. The van der Waals surface area contributed by atoms with Crippen molar-refractivity contribution in [2.75, 3.05) is 13.2 Å². The summed E-state index contributed by atoms with van der Waals surface area (Å²) >= 11 is 0. The summed E-state index contributed by atoms with van der Waals surface area (Å²) in [6.45, 7) is 5.61. The van der Waals surface area contributed by atoms with Crippen molar-refractivity contribution in [1.29, 1.82) is 0 Å². The minimum atomic E-state index is -1.63. The maximum atomic E-state index is 13.3. The average molecular weight is 1080 g/mol. The van der Waals surface area contributed by atoms with E-state index in [1.165, 1.54) is 89.9 Å². The number of nitrogens with one attached hydrogen (secondary N) is 1. The Labute approximate surface area is 469 Å². The van der Waals surface area contributed by atoms with E-state index >= 15 is 0 Å². The fraction of sp³-hybridized carbons (Fsp3) is 0.727. The van der Waals surface area contributed by atoms with Crippen molar-refractivity contribution in [3.8, 4) is 0 Å². The zero-order valence-corrected chi connectivity index (χ0v) is 48.8. The van der Waals surface area contributed by atoms with Crippen LogP contribution in [0.5, 0.6) is 0 Å². The Morgan fingerprint density at radius 1 is 0.519 bits per heavy atom. The lowest BCUT2D eigenvalue weighted by Crippen LogP contribution is -2.61. The zero-order chi connectivity index (χ0) is 56.1. The summed E-state index contributed by atoms with van der Waals surface area (Å²) in [5.74, 6) is -1.28. The molecular formula is C66H113NO10. The number of hydrogen-bond acceptors (Lipinski definition) is 10. The summed E-state index contributed by atoms with van der Waals surface area (Å²) in [5.41, 5.74) is 0. The molecule has 0 aliphatic carbocycles. The Bertz CT molecular complexity index is 1620. The van der Waals surface area contributed by atoms with Gasteiger partial charge in [0.15, 0.2) is 12.4 Å². The number of rotatable bonds is 51. The number of allylic oxidation sites excluding steroid dienone is 14. The van der Waals surface area contributed by atoms with Gasteiger partial charge in [-0.2, -0.15) is 0 Å². The lowest BCUT2D eigenvalue weighted by atomic mass is 9.99. The fourth-order valence-corrected chi connectivity index (χ4v) is 9.07. The molecule has 6 N–H and O–H groups in total. The van der Waals surface area contributed by atoms with E-state index in [9.17, 15) is 35.1 Å². The molecule has 11 nitrogen and oxygen atoms in total. The summed E-state index contributed by atoms with van der Waals surface area (Å²) in [5, 5.41) is 56.8. The van der Waals surface area contributed by atoms with Crippen LogP contribution >= 0.6 is 0 Å². The zero-order valence-electron chi connectivity index (χ0n) is 48.8. The minimum Gasteiger partial charge on any atom is -0.454 e. The maximum absolute atomic E-state index is 13.3. The molecule has 0 aromatic rings. The van der Waals surface area contributed by atoms with Gasteiger partial charge in [-0.15, -0.1) is 0 Å². The van der Waals surface area contributed by atoms with Crippen LogP contribution in [0.3, 0.4) is 0 Å². The first-order valence-electron chi connectivity index (χ1n) is 31.0. The molecule has 0 radical (unpaired) electrons. The summed E-state index contributed by atoms with van der Waals surface area (Å²) in [6.07, 6.45) is 60.4. The predicted octanol–water partition coefficient (Wildman–Crippen LogP) is 14.7. The Kier molecular flexibility index (Phi) is 49.5. The van der Waals surface area contributed by atoms with Crippen LogP contribution in [0.1, 0.15) is 245 Å². The molecular weight excluding hydrogens is 967 g/mol. The first kappa shape index (κ1) is 71.6. The maximum Gasteiger partial charge on any atom is 0.306 e. The van der Waals surface area contributed by atoms with Gasteiger partial charge in [-0.05, 0) is 83.5 Å². The second kappa shape index (κ2) is 53.2. The summed E-state index contributed by atoms with van der Waals surface area (Å²) < 4.78 is 17.6. The van der Waals surface area contributed by atoms with Gasteiger partial charge in [0.2, 0.25) is 5.91 Å². The number of aliphatic hydroxyl groups is 5. The first-order valence-corrected chi connectivity index (χ1v) is 31.0. The quantitative estimate of drug-likeness (QED) is 0.0195. The predicted molar refractivity (Wildman–Crippen MR) is 319 cm³/mol. The highest BCUT2D eigenvalue weighted by atomic mass is 16.7. The van der Waals surface area contributed by atoms with Gasteiger partial charge in [-0.25, -0.2) is 0 Å². The fourth-order valence-electron chi connectivity index (χ4n) is 9.07. The van der Waals surface area contributed by atoms with Crippen molar-refractivity contribution in [1.82, 2.24) is 5.32 Å². The highest BCUT2D eigenvalue weighted by Gasteiger charge is 2.47. The molecule has 8 atom stereocenters. The van der Waals surface area contributed by atoms with Crippen molar-refractivity contribution < 1.29 is 49.3 Å². The van der Waals surface area contributed by atoms with Gasteiger partial charge in [0.05, 0.1) is 25.4 Å². The molecule has 8 unspecified atom stereocenters. The van der Waals surface area contributed by atoms with Crippen molar-refractivity contribution in [3.05, 3.63) is 97.2 Å². The average Bonchev–Trinajstić information content (AvgIpc) is 3.43. The van der Waals surface area contributed by atoms with E-state index in [1.54, 1.807) is 12.2 Å². The van der Waals surface area contributed by atoms with Gasteiger partial charge >= 0.3 is 5.97 Å². The Morgan fingerprint density at radius 3 is 1.40 bits per heavy atom. The summed E-state index contributed by atoms with van der Waals surface area (Å²) in [6, 6.07) is -1.06. The Hall–Kier alpha value is -3.42. The van der Waals surface area contributed by atoms with E-state index in [4.69, 9.17) is 14.2 Å². The largest absolute Gasteiger partial charge is 0.454 e.